The van der Waals surface area contributed by atoms with Crippen LogP contribution in [0.5, 0.6) is 11.6 Å². The number of rotatable bonds is 9. The Morgan fingerprint density at radius 1 is 1.15 bits per heavy atom. The van der Waals surface area contributed by atoms with Gasteiger partial charge in [-0.2, -0.15) is 10.4 Å². The lowest BCUT2D eigenvalue weighted by Gasteiger charge is -2.56. The molecule has 3 atom stereocenters. The van der Waals surface area contributed by atoms with Crippen molar-refractivity contribution in [1.29, 1.82) is 5.26 Å². The van der Waals surface area contributed by atoms with Gasteiger partial charge >= 0.3 is 0 Å². The predicted octanol–water partition coefficient (Wildman–Crippen LogP) is 2.94. The summed E-state index contributed by atoms with van der Waals surface area (Å²) in [6.07, 6.45) is 14.5. The maximum atomic E-state index is 10.2. The Kier molecular flexibility index (Phi) is 6.96. The molecule has 2 bridgehead atoms. The molecule has 10 heteroatoms. The lowest BCUT2D eigenvalue weighted by molar-refractivity contribution is 0.000308. The maximum Gasteiger partial charge on any atom is 0.212 e. The number of hydrogen-bond donors (Lipinski definition) is 1. The molecule has 3 aliphatic heterocycles. The van der Waals surface area contributed by atoms with Crippen molar-refractivity contribution < 1.29 is 14.6 Å². The minimum atomic E-state index is -1.40. The largest absolute Gasteiger partial charge is 0.488 e. The smallest absolute Gasteiger partial charge is 0.212 e. The topological polar surface area (TPSA) is 112 Å². The van der Waals surface area contributed by atoms with Crippen LogP contribution in [0.15, 0.2) is 55.1 Å². The van der Waals surface area contributed by atoms with E-state index in [1.54, 1.807) is 17.8 Å². The summed E-state index contributed by atoms with van der Waals surface area (Å²) in [6, 6.07) is 13.1. The first-order valence-corrected chi connectivity index (χ1v) is 13.6. The van der Waals surface area contributed by atoms with Crippen molar-refractivity contribution in [2.75, 3.05) is 38.3 Å². The number of terminal acetylenes is 1. The van der Waals surface area contributed by atoms with Crippen molar-refractivity contribution >= 4 is 11.3 Å². The maximum absolute atomic E-state index is 10.2. The molecule has 208 valence electrons. The van der Waals surface area contributed by atoms with Gasteiger partial charge in [0.1, 0.15) is 24.2 Å². The average Bonchev–Trinajstić information content (AvgIpc) is 3.43. The number of fused-ring (bicyclic) bond motifs is 3. The molecular weight excluding hydrogens is 518 g/mol. The highest BCUT2D eigenvalue weighted by Gasteiger charge is 2.44. The molecule has 0 radical (unpaired) electrons. The van der Waals surface area contributed by atoms with Crippen molar-refractivity contribution in [3.05, 3.63) is 66.2 Å². The van der Waals surface area contributed by atoms with Crippen LogP contribution in [0.2, 0.25) is 0 Å². The van der Waals surface area contributed by atoms with E-state index < -0.39 is 5.60 Å². The first-order chi connectivity index (χ1) is 19.9. The van der Waals surface area contributed by atoms with Crippen LogP contribution in [0.3, 0.4) is 0 Å². The van der Waals surface area contributed by atoms with Crippen molar-refractivity contribution in [3.8, 4) is 41.2 Å². The third-order valence-electron chi connectivity index (χ3n) is 7.93. The van der Waals surface area contributed by atoms with Gasteiger partial charge in [-0.05, 0) is 43.5 Å². The fourth-order valence-electron chi connectivity index (χ4n) is 5.65. The van der Waals surface area contributed by atoms with Crippen LogP contribution < -0.4 is 14.4 Å². The lowest BCUT2D eigenvalue weighted by atomic mass is 9.87. The number of nitrogens with zero attached hydrogens (tertiary/aromatic N) is 7. The van der Waals surface area contributed by atoms with Gasteiger partial charge in [-0.3, -0.25) is 4.90 Å². The molecule has 41 heavy (non-hydrogen) atoms. The molecule has 1 N–H and O–H groups in total. The van der Waals surface area contributed by atoms with Crippen LogP contribution in [-0.2, 0) is 6.42 Å². The van der Waals surface area contributed by atoms with E-state index in [0.29, 0.717) is 34.8 Å². The van der Waals surface area contributed by atoms with Crippen LogP contribution in [0, 0.1) is 23.7 Å². The van der Waals surface area contributed by atoms with Crippen LogP contribution in [0.4, 0.5) is 5.82 Å². The third-order valence-corrected chi connectivity index (χ3v) is 7.93. The zero-order valence-electron chi connectivity index (χ0n) is 23.1. The van der Waals surface area contributed by atoms with E-state index in [9.17, 15) is 10.4 Å². The Hall–Kier alpha value is -4.64. The number of piperazine rings is 1. The minimum Gasteiger partial charge on any atom is -0.488 e. The van der Waals surface area contributed by atoms with Crippen molar-refractivity contribution in [2.45, 2.75) is 37.5 Å². The second kappa shape index (κ2) is 10.7. The van der Waals surface area contributed by atoms with Gasteiger partial charge in [0.25, 0.3) is 0 Å². The van der Waals surface area contributed by atoms with E-state index in [-0.39, 0.29) is 6.61 Å². The number of nitriles is 1. The SMILES string of the molecule is C#CC(C)(O)COc1cc(-c2ccc(N3CC4CC(C3)N4CCc3ccc(OC)nc3)nc2)c2c(C#N)cnn2c1. The number of pyridine rings is 3. The molecule has 0 amide bonds. The van der Waals surface area contributed by atoms with Gasteiger partial charge in [0.15, 0.2) is 5.60 Å². The number of anilines is 1. The average molecular weight is 550 g/mol. The first kappa shape index (κ1) is 26.6. The number of aromatic nitrogens is 4. The van der Waals surface area contributed by atoms with Gasteiger partial charge in [-0.25, -0.2) is 14.5 Å². The summed E-state index contributed by atoms with van der Waals surface area (Å²) in [5, 5.41) is 24.2. The Labute approximate surface area is 238 Å². The van der Waals surface area contributed by atoms with Gasteiger partial charge in [-0.1, -0.05) is 12.0 Å². The van der Waals surface area contributed by atoms with E-state index in [4.69, 9.17) is 20.9 Å². The van der Waals surface area contributed by atoms with Gasteiger partial charge in [0, 0.05) is 61.3 Å². The zero-order chi connectivity index (χ0) is 28.6. The molecule has 7 rings (SSSR count). The van der Waals surface area contributed by atoms with Gasteiger partial charge in [-0.15, -0.1) is 6.42 Å². The third kappa shape index (κ3) is 5.28. The Morgan fingerprint density at radius 2 is 1.98 bits per heavy atom. The molecule has 4 aromatic rings. The van der Waals surface area contributed by atoms with Crippen LogP contribution >= 0.6 is 0 Å². The van der Waals surface area contributed by atoms with E-state index in [1.807, 2.05) is 36.7 Å². The molecule has 0 aliphatic carbocycles. The Morgan fingerprint density at radius 3 is 2.63 bits per heavy atom. The van der Waals surface area contributed by atoms with E-state index in [2.05, 4.69) is 37.9 Å². The molecule has 3 aliphatic rings. The van der Waals surface area contributed by atoms with E-state index >= 15 is 0 Å². The number of hydrogen-bond acceptors (Lipinski definition) is 9. The zero-order valence-corrected chi connectivity index (χ0v) is 23.1. The van der Waals surface area contributed by atoms with Crippen LogP contribution in [-0.4, -0.2) is 80.6 Å². The lowest BCUT2D eigenvalue weighted by Crippen LogP contribution is -2.69. The number of aliphatic hydroxyl groups is 1. The van der Waals surface area contributed by atoms with Crippen molar-refractivity contribution in [2.24, 2.45) is 0 Å². The first-order valence-electron chi connectivity index (χ1n) is 13.6. The number of methoxy groups -OCH3 is 1. The molecule has 0 saturated carbocycles. The summed E-state index contributed by atoms with van der Waals surface area (Å²) in [5.41, 5.74) is 2.52. The summed E-state index contributed by atoms with van der Waals surface area (Å²) in [5.74, 6) is 4.36. The molecule has 0 aromatic carbocycles. The fraction of sp³-hybridized carbons (Fsp3) is 0.355. The molecule has 7 heterocycles. The molecule has 4 aromatic heterocycles. The second-order valence-corrected chi connectivity index (χ2v) is 10.8. The highest BCUT2D eigenvalue weighted by Crippen LogP contribution is 2.36. The standard InChI is InChI=1S/C31H31N7O3/c1-4-31(2,39)20-41-26-12-27(30-23(13-32)16-35-38(30)19-26)22-6-7-28(33-15-22)36-17-24-11-25(18-36)37(24)10-9-21-5-8-29(40-3)34-14-21/h1,5-8,12,14-16,19,24-25,39H,9-11,17-18,20H2,2-3H3. The van der Waals surface area contributed by atoms with Crippen LogP contribution in [0.1, 0.15) is 24.5 Å². The summed E-state index contributed by atoms with van der Waals surface area (Å²) in [4.78, 5) is 14.1. The molecule has 3 fully saturated rings. The number of piperidine rings is 1. The van der Waals surface area contributed by atoms with Crippen molar-refractivity contribution in [3.63, 3.8) is 0 Å². The fourth-order valence-corrected chi connectivity index (χ4v) is 5.65. The summed E-state index contributed by atoms with van der Waals surface area (Å²) in [6.45, 7) is 4.32. The van der Waals surface area contributed by atoms with E-state index in [0.717, 1.165) is 43.0 Å². The molecule has 3 unspecified atom stereocenters. The summed E-state index contributed by atoms with van der Waals surface area (Å²) < 4.78 is 12.6. The molecule has 3 saturated heterocycles. The molecule has 10 nitrogen and oxygen atoms in total. The van der Waals surface area contributed by atoms with Gasteiger partial charge in [0.05, 0.1) is 30.6 Å². The second-order valence-electron chi connectivity index (χ2n) is 10.8. The Balaban J connectivity index is 1.16. The predicted molar refractivity (Wildman–Crippen MR) is 154 cm³/mol. The highest BCUT2D eigenvalue weighted by molar-refractivity contribution is 5.85. The van der Waals surface area contributed by atoms with Crippen molar-refractivity contribution in [1.82, 2.24) is 24.5 Å². The van der Waals surface area contributed by atoms with Gasteiger partial charge < -0.3 is 19.5 Å². The number of ether oxygens (including phenoxy) is 2. The van der Waals surface area contributed by atoms with E-state index in [1.165, 1.54) is 25.1 Å². The summed E-state index contributed by atoms with van der Waals surface area (Å²) >= 11 is 0. The molecular formula is C31H31N7O3. The normalized spacial score (nSPS) is 19.6. The minimum absolute atomic E-state index is 0.0801. The van der Waals surface area contributed by atoms with Gasteiger partial charge in [0.2, 0.25) is 5.88 Å². The van der Waals surface area contributed by atoms with Crippen LogP contribution in [0.25, 0.3) is 16.6 Å². The molecule has 0 spiro atoms. The Bertz CT molecular complexity index is 1620. The quantitative estimate of drug-likeness (QED) is 0.315. The monoisotopic (exact) mass is 549 g/mol. The summed E-state index contributed by atoms with van der Waals surface area (Å²) in [7, 11) is 1.63. The highest BCUT2D eigenvalue weighted by atomic mass is 16.5.